The first-order valence-electron chi connectivity index (χ1n) is 4.70. The highest BCUT2D eigenvalue weighted by atomic mass is 32.2. The number of nitrogens with one attached hydrogen (secondary N) is 1. The van der Waals surface area contributed by atoms with Gasteiger partial charge in [-0.25, -0.2) is 13.1 Å². The first-order valence-corrected chi connectivity index (χ1v) is 6.35. The molecule has 5 nitrogen and oxygen atoms in total. The van der Waals surface area contributed by atoms with Crippen LogP contribution in [0.4, 0.5) is 0 Å². The Kier molecular flexibility index (Phi) is 6.19. The van der Waals surface area contributed by atoms with Crippen molar-refractivity contribution in [2.75, 3.05) is 5.75 Å². The maximum Gasteiger partial charge on any atom is 0.303 e. The van der Waals surface area contributed by atoms with Gasteiger partial charge in [-0.3, -0.25) is 4.79 Å². The summed E-state index contributed by atoms with van der Waals surface area (Å²) in [6.45, 7) is 5.24. The molecular weight excluding hydrogens is 218 g/mol. The molecule has 0 aromatic carbocycles. The largest absolute Gasteiger partial charge is 0.481 e. The maximum absolute atomic E-state index is 11.4. The van der Waals surface area contributed by atoms with Crippen molar-refractivity contribution in [3.63, 3.8) is 0 Å². The Morgan fingerprint density at radius 1 is 1.60 bits per heavy atom. The first-order chi connectivity index (χ1) is 6.87. The second kappa shape index (κ2) is 6.58. The maximum atomic E-state index is 11.4. The fraction of sp³-hybridized carbons (Fsp3) is 0.667. The van der Waals surface area contributed by atoms with E-state index in [2.05, 4.69) is 11.3 Å². The predicted molar refractivity (Wildman–Crippen MR) is 58.1 cm³/mol. The number of aliphatic carboxylic acids is 1. The van der Waals surface area contributed by atoms with E-state index in [1.807, 2.05) is 0 Å². The van der Waals surface area contributed by atoms with Gasteiger partial charge in [0.2, 0.25) is 10.0 Å². The van der Waals surface area contributed by atoms with Crippen molar-refractivity contribution in [3.8, 4) is 0 Å². The zero-order chi connectivity index (χ0) is 11.9. The molecule has 0 bridgehead atoms. The fourth-order valence-corrected chi connectivity index (χ4v) is 2.43. The van der Waals surface area contributed by atoms with E-state index in [1.54, 1.807) is 13.0 Å². The highest BCUT2D eigenvalue weighted by Gasteiger charge is 2.13. The molecule has 0 aliphatic rings. The molecule has 0 amide bonds. The molecule has 6 heteroatoms. The summed E-state index contributed by atoms with van der Waals surface area (Å²) < 4.78 is 25.2. The smallest absolute Gasteiger partial charge is 0.303 e. The molecule has 0 saturated heterocycles. The van der Waals surface area contributed by atoms with E-state index in [0.717, 1.165) is 0 Å². The van der Waals surface area contributed by atoms with Crippen LogP contribution in [0.25, 0.3) is 0 Å². The Labute approximate surface area is 90.2 Å². The van der Waals surface area contributed by atoms with Crippen molar-refractivity contribution >= 4 is 16.0 Å². The highest BCUT2D eigenvalue weighted by Crippen LogP contribution is 1.99. The van der Waals surface area contributed by atoms with Crippen molar-refractivity contribution in [2.45, 2.75) is 32.2 Å². The van der Waals surface area contributed by atoms with Gasteiger partial charge in [-0.15, -0.1) is 6.58 Å². The summed E-state index contributed by atoms with van der Waals surface area (Å²) in [6.07, 6.45) is 2.19. The first kappa shape index (κ1) is 14.1. The lowest BCUT2D eigenvalue weighted by Crippen LogP contribution is -2.34. The Morgan fingerprint density at radius 2 is 2.20 bits per heavy atom. The summed E-state index contributed by atoms with van der Waals surface area (Å²) in [5.74, 6) is -1.13. The van der Waals surface area contributed by atoms with Gasteiger partial charge in [0.15, 0.2) is 0 Å². The molecule has 0 rings (SSSR count). The van der Waals surface area contributed by atoms with E-state index in [0.29, 0.717) is 6.42 Å². The van der Waals surface area contributed by atoms with E-state index in [4.69, 9.17) is 5.11 Å². The number of carboxylic acid groups (broad SMARTS) is 1. The van der Waals surface area contributed by atoms with E-state index in [-0.39, 0.29) is 24.6 Å². The van der Waals surface area contributed by atoms with Crippen LogP contribution in [0.3, 0.4) is 0 Å². The molecule has 1 unspecified atom stereocenters. The van der Waals surface area contributed by atoms with E-state index in [9.17, 15) is 13.2 Å². The van der Waals surface area contributed by atoms with Gasteiger partial charge in [-0.05, 0) is 19.8 Å². The average molecular weight is 235 g/mol. The molecule has 0 aromatic heterocycles. The number of hydrogen-bond acceptors (Lipinski definition) is 3. The van der Waals surface area contributed by atoms with Crippen LogP contribution < -0.4 is 4.72 Å². The molecule has 88 valence electrons. The van der Waals surface area contributed by atoms with Gasteiger partial charge in [0.05, 0.1) is 5.75 Å². The quantitative estimate of drug-likeness (QED) is 0.608. The van der Waals surface area contributed by atoms with Crippen LogP contribution in [0, 0.1) is 0 Å². The summed E-state index contributed by atoms with van der Waals surface area (Å²) in [5.41, 5.74) is 0. The molecule has 0 aliphatic carbocycles. The highest BCUT2D eigenvalue weighted by molar-refractivity contribution is 7.89. The number of hydrogen-bond donors (Lipinski definition) is 2. The zero-order valence-electron chi connectivity index (χ0n) is 8.77. The minimum absolute atomic E-state index is 0.128. The van der Waals surface area contributed by atoms with Gasteiger partial charge in [0.25, 0.3) is 0 Å². The van der Waals surface area contributed by atoms with Crippen LogP contribution in [0.2, 0.25) is 0 Å². The molecule has 0 heterocycles. The standard InChI is InChI=1S/C9H17NO4S/c1-3-5-8(2)10-15(13,14)7-4-6-9(11)12/h3,8,10H,1,4-7H2,2H3,(H,11,12). The van der Waals surface area contributed by atoms with Crippen molar-refractivity contribution in [1.82, 2.24) is 4.72 Å². The molecule has 0 aromatic rings. The summed E-state index contributed by atoms with van der Waals surface area (Å²) in [5, 5.41) is 8.35. The third kappa shape index (κ3) is 8.14. The molecule has 0 aliphatic heterocycles. The lowest BCUT2D eigenvalue weighted by atomic mass is 10.3. The zero-order valence-corrected chi connectivity index (χ0v) is 9.59. The van der Waals surface area contributed by atoms with Crippen molar-refractivity contribution < 1.29 is 18.3 Å². The van der Waals surface area contributed by atoms with Gasteiger partial charge < -0.3 is 5.11 Å². The van der Waals surface area contributed by atoms with Crippen molar-refractivity contribution in [3.05, 3.63) is 12.7 Å². The van der Waals surface area contributed by atoms with Crippen LogP contribution in [-0.2, 0) is 14.8 Å². The molecular formula is C9H17NO4S. The minimum atomic E-state index is -3.36. The van der Waals surface area contributed by atoms with Gasteiger partial charge in [-0.1, -0.05) is 6.08 Å². The Bertz CT molecular complexity index is 310. The number of sulfonamides is 1. The SMILES string of the molecule is C=CCC(C)NS(=O)(=O)CCCC(=O)O. The summed E-state index contributed by atoms with van der Waals surface area (Å²) in [6, 6.07) is -0.197. The van der Waals surface area contributed by atoms with E-state index >= 15 is 0 Å². The van der Waals surface area contributed by atoms with E-state index < -0.39 is 16.0 Å². The lowest BCUT2D eigenvalue weighted by molar-refractivity contribution is -0.137. The van der Waals surface area contributed by atoms with Crippen LogP contribution in [0.5, 0.6) is 0 Å². The second-order valence-corrected chi connectivity index (χ2v) is 5.23. The average Bonchev–Trinajstić information content (AvgIpc) is 2.01. The van der Waals surface area contributed by atoms with Gasteiger partial charge >= 0.3 is 5.97 Å². The van der Waals surface area contributed by atoms with Crippen LogP contribution >= 0.6 is 0 Å². The summed E-state index contributed by atoms with van der Waals surface area (Å²) >= 11 is 0. The third-order valence-electron chi connectivity index (χ3n) is 1.70. The molecule has 0 fully saturated rings. The monoisotopic (exact) mass is 235 g/mol. The van der Waals surface area contributed by atoms with Crippen LogP contribution in [0.15, 0.2) is 12.7 Å². The molecule has 1 atom stereocenters. The third-order valence-corrected chi connectivity index (χ3v) is 3.29. The van der Waals surface area contributed by atoms with Gasteiger partial charge in [0.1, 0.15) is 0 Å². The van der Waals surface area contributed by atoms with Gasteiger partial charge in [-0.2, -0.15) is 0 Å². The molecule has 0 spiro atoms. The summed E-state index contributed by atoms with van der Waals surface area (Å²) in [7, 11) is -3.36. The lowest BCUT2D eigenvalue weighted by Gasteiger charge is -2.11. The second-order valence-electron chi connectivity index (χ2n) is 3.36. The molecule has 0 radical (unpaired) electrons. The Morgan fingerprint density at radius 3 is 2.67 bits per heavy atom. The topological polar surface area (TPSA) is 83.5 Å². The normalized spacial score (nSPS) is 13.4. The van der Waals surface area contributed by atoms with Crippen molar-refractivity contribution in [1.29, 1.82) is 0 Å². The molecule has 0 saturated carbocycles. The Balaban J connectivity index is 3.96. The molecule has 15 heavy (non-hydrogen) atoms. The van der Waals surface area contributed by atoms with Crippen LogP contribution in [0.1, 0.15) is 26.2 Å². The number of rotatable bonds is 8. The van der Waals surface area contributed by atoms with Crippen LogP contribution in [-0.4, -0.2) is 31.3 Å². The molecule has 2 N–H and O–H groups in total. The fourth-order valence-electron chi connectivity index (χ4n) is 1.08. The van der Waals surface area contributed by atoms with Gasteiger partial charge in [0, 0.05) is 12.5 Å². The number of carbonyl (C=O) groups is 1. The number of carboxylic acids is 1. The minimum Gasteiger partial charge on any atom is -0.481 e. The summed E-state index contributed by atoms with van der Waals surface area (Å²) in [4.78, 5) is 10.2. The van der Waals surface area contributed by atoms with Crippen molar-refractivity contribution in [2.24, 2.45) is 0 Å². The Hall–Kier alpha value is -0.880. The predicted octanol–water partition coefficient (Wildman–Crippen LogP) is 0.735. The van der Waals surface area contributed by atoms with E-state index in [1.165, 1.54) is 0 Å².